The fraction of sp³-hybridized carbons (Fsp3) is 0.227. The Morgan fingerprint density at radius 3 is 2.76 bits per heavy atom. The van der Waals surface area contributed by atoms with Crippen molar-refractivity contribution in [3.05, 3.63) is 54.7 Å². The van der Waals surface area contributed by atoms with Gasteiger partial charge >= 0.3 is 0 Å². The average molecular weight is 391 g/mol. The molecule has 1 N–H and O–H groups in total. The number of pyridine rings is 1. The van der Waals surface area contributed by atoms with Gasteiger partial charge in [0, 0.05) is 30.6 Å². The molecule has 2 heterocycles. The van der Waals surface area contributed by atoms with Gasteiger partial charge in [-0.15, -0.1) is 0 Å². The van der Waals surface area contributed by atoms with Crippen LogP contribution < -0.4 is 19.7 Å². The van der Waals surface area contributed by atoms with Crippen molar-refractivity contribution in [1.82, 2.24) is 4.98 Å². The Balaban J connectivity index is 1.54. The van der Waals surface area contributed by atoms with Gasteiger partial charge in [0.15, 0.2) is 0 Å². The molecule has 7 heteroatoms. The molecule has 1 aliphatic rings. The fourth-order valence-electron chi connectivity index (χ4n) is 3.56. The molecule has 4 rings (SSSR count). The molecule has 0 radical (unpaired) electrons. The number of anilines is 2. The first-order valence-electron chi connectivity index (χ1n) is 9.27. The van der Waals surface area contributed by atoms with Crippen molar-refractivity contribution in [2.75, 3.05) is 31.0 Å². The summed E-state index contributed by atoms with van der Waals surface area (Å²) in [5.41, 5.74) is 1.99. The van der Waals surface area contributed by atoms with E-state index in [0.29, 0.717) is 22.9 Å². The number of fused-ring (bicyclic) bond motifs is 1. The molecule has 0 aliphatic carbocycles. The van der Waals surface area contributed by atoms with Crippen LogP contribution in [-0.2, 0) is 9.59 Å². The van der Waals surface area contributed by atoms with Crippen LogP contribution >= 0.6 is 0 Å². The molecular weight excluding hydrogens is 370 g/mol. The van der Waals surface area contributed by atoms with E-state index in [1.54, 1.807) is 36.4 Å². The maximum Gasteiger partial charge on any atom is 0.229 e. The highest BCUT2D eigenvalue weighted by Crippen LogP contribution is 2.36. The van der Waals surface area contributed by atoms with E-state index in [0.717, 1.165) is 10.9 Å². The zero-order chi connectivity index (χ0) is 20.4. The Hall–Kier alpha value is -3.61. The van der Waals surface area contributed by atoms with Gasteiger partial charge in [-0.25, -0.2) is 0 Å². The summed E-state index contributed by atoms with van der Waals surface area (Å²) in [6.45, 7) is 0.283. The lowest BCUT2D eigenvalue weighted by Gasteiger charge is -2.20. The molecule has 3 aromatic rings. The highest BCUT2D eigenvalue weighted by molar-refractivity contribution is 6.06. The topological polar surface area (TPSA) is 80.8 Å². The summed E-state index contributed by atoms with van der Waals surface area (Å²) in [7, 11) is 3.11. The monoisotopic (exact) mass is 391 g/mol. The van der Waals surface area contributed by atoms with Gasteiger partial charge in [0.05, 0.1) is 37.0 Å². The second-order valence-electron chi connectivity index (χ2n) is 6.81. The third kappa shape index (κ3) is 3.59. The number of ether oxygens (including phenoxy) is 2. The Morgan fingerprint density at radius 1 is 1.14 bits per heavy atom. The summed E-state index contributed by atoms with van der Waals surface area (Å²) in [5.74, 6) is 0.372. The molecule has 1 atom stereocenters. The largest absolute Gasteiger partial charge is 0.497 e. The number of carbonyl (C=O) groups is 2. The number of amides is 2. The van der Waals surface area contributed by atoms with Gasteiger partial charge in [0.25, 0.3) is 0 Å². The first kappa shape index (κ1) is 18.7. The zero-order valence-corrected chi connectivity index (χ0v) is 16.2. The van der Waals surface area contributed by atoms with Gasteiger partial charge in [0.2, 0.25) is 11.8 Å². The summed E-state index contributed by atoms with van der Waals surface area (Å²) < 4.78 is 10.6. The predicted octanol–water partition coefficient (Wildman–Crippen LogP) is 3.24. The number of methoxy groups -OCH3 is 2. The van der Waals surface area contributed by atoms with Crippen LogP contribution in [0.15, 0.2) is 54.7 Å². The number of carbonyl (C=O) groups excluding carboxylic acids is 2. The number of hydrogen-bond donors (Lipinski definition) is 1. The Kier molecular flexibility index (Phi) is 5.03. The minimum Gasteiger partial charge on any atom is -0.497 e. The second kappa shape index (κ2) is 7.79. The third-order valence-electron chi connectivity index (χ3n) is 5.06. The van der Waals surface area contributed by atoms with Crippen molar-refractivity contribution < 1.29 is 19.1 Å². The van der Waals surface area contributed by atoms with Crippen LogP contribution in [0.2, 0.25) is 0 Å². The Labute approximate surface area is 168 Å². The highest BCUT2D eigenvalue weighted by atomic mass is 16.5. The Bertz CT molecular complexity index is 1080. The van der Waals surface area contributed by atoms with E-state index in [9.17, 15) is 9.59 Å². The molecular formula is C22H21N3O4. The van der Waals surface area contributed by atoms with Gasteiger partial charge in [-0.2, -0.15) is 0 Å². The molecule has 1 fully saturated rings. The van der Waals surface area contributed by atoms with Crippen LogP contribution in [0.1, 0.15) is 6.42 Å². The van der Waals surface area contributed by atoms with E-state index >= 15 is 0 Å². The van der Waals surface area contributed by atoms with E-state index in [2.05, 4.69) is 10.3 Å². The standard InChI is InChI=1S/C22H21N3O4/c1-28-16-8-9-18(19(12-16)29-2)25-13-15(11-20(25)26)22(27)24-17-7-3-5-14-6-4-10-23-21(14)17/h3-10,12,15H,11,13H2,1-2H3,(H,24,27). The fourth-order valence-corrected chi connectivity index (χ4v) is 3.56. The minimum atomic E-state index is -0.465. The molecule has 148 valence electrons. The third-order valence-corrected chi connectivity index (χ3v) is 5.06. The number of nitrogens with zero attached hydrogens (tertiary/aromatic N) is 2. The van der Waals surface area contributed by atoms with Gasteiger partial charge in [0.1, 0.15) is 11.5 Å². The summed E-state index contributed by atoms with van der Waals surface area (Å²) in [6, 6.07) is 14.7. The molecule has 1 unspecified atom stereocenters. The first-order chi connectivity index (χ1) is 14.1. The first-order valence-corrected chi connectivity index (χ1v) is 9.27. The molecule has 7 nitrogen and oxygen atoms in total. The number of hydrogen-bond acceptors (Lipinski definition) is 5. The van der Waals surface area contributed by atoms with Crippen molar-refractivity contribution in [2.24, 2.45) is 5.92 Å². The molecule has 1 saturated heterocycles. The number of aromatic nitrogens is 1. The molecule has 29 heavy (non-hydrogen) atoms. The van der Waals surface area contributed by atoms with Crippen molar-refractivity contribution in [3.8, 4) is 11.5 Å². The SMILES string of the molecule is COc1ccc(N2CC(C(=O)Nc3cccc4cccnc34)CC2=O)c(OC)c1. The Morgan fingerprint density at radius 2 is 1.97 bits per heavy atom. The predicted molar refractivity (Wildman–Crippen MR) is 110 cm³/mol. The van der Waals surface area contributed by atoms with Crippen LogP contribution in [0.25, 0.3) is 10.9 Å². The van der Waals surface area contributed by atoms with Crippen LogP contribution in [0.5, 0.6) is 11.5 Å². The van der Waals surface area contributed by atoms with Crippen LogP contribution in [-0.4, -0.2) is 37.6 Å². The zero-order valence-electron chi connectivity index (χ0n) is 16.2. The maximum absolute atomic E-state index is 12.9. The van der Waals surface area contributed by atoms with Crippen molar-refractivity contribution in [1.29, 1.82) is 0 Å². The average Bonchev–Trinajstić information content (AvgIpc) is 3.15. The highest BCUT2D eigenvalue weighted by Gasteiger charge is 2.36. The summed E-state index contributed by atoms with van der Waals surface area (Å²) in [4.78, 5) is 31.4. The van der Waals surface area contributed by atoms with E-state index in [4.69, 9.17) is 9.47 Å². The number of rotatable bonds is 5. The van der Waals surface area contributed by atoms with E-state index in [1.807, 2.05) is 30.3 Å². The molecule has 2 amide bonds. The smallest absolute Gasteiger partial charge is 0.229 e. The van der Waals surface area contributed by atoms with Crippen molar-refractivity contribution >= 4 is 34.1 Å². The van der Waals surface area contributed by atoms with Crippen LogP contribution in [0.4, 0.5) is 11.4 Å². The van der Waals surface area contributed by atoms with Gasteiger partial charge in [-0.3, -0.25) is 14.6 Å². The molecule has 1 aromatic heterocycles. The normalized spacial score (nSPS) is 16.1. The van der Waals surface area contributed by atoms with Crippen molar-refractivity contribution in [3.63, 3.8) is 0 Å². The van der Waals surface area contributed by atoms with Crippen LogP contribution in [0.3, 0.4) is 0 Å². The minimum absolute atomic E-state index is 0.121. The maximum atomic E-state index is 12.9. The lowest BCUT2D eigenvalue weighted by atomic mass is 10.1. The van der Waals surface area contributed by atoms with E-state index in [-0.39, 0.29) is 24.8 Å². The molecule has 0 spiro atoms. The van der Waals surface area contributed by atoms with E-state index < -0.39 is 5.92 Å². The molecule has 0 saturated carbocycles. The molecule has 1 aliphatic heterocycles. The summed E-state index contributed by atoms with van der Waals surface area (Å²) in [6.07, 6.45) is 1.83. The van der Waals surface area contributed by atoms with Crippen LogP contribution in [0, 0.1) is 5.92 Å². The van der Waals surface area contributed by atoms with Gasteiger partial charge < -0.3 is 19.7 Å². The van der Waals surface area contributed by atoms with E-state index in [1.165, 1.54) is 7.11 Å². The quantitative estimate of drug-likeness (QED) is 0.722. The van der Waals surface area contributed by atoms with Gasteiger partial charge in [-0.05, 0) is 24.3 Å². The number of para-hydroxylation sites is 1. The summed E-state index contributed by atoms with van der Waals surface area (Å²) >= 11 is 0. The summed E-state index contributed by atoms with van der Waals surface area (Å²) in [5, 5.41) is 3.88. The lowest BCUT2D eigenvalue weighted by Crippen LogP contribution is -2.28. The lowest BCUT2D eigenvalue weighted by molar-refractivity contribution is -0.122. The second-order valence-corrected chi connectivity index (χ2v) is 6.81. The van der Waals surface area contributed by atoms with Gasteiger partial charge in [-0.1, -0.05) is 18.2 Å². The van der Waals surface area contributed by atoms with Crippen molar-refractivity contribution in [2.45, 2.75) is 6.42 Å². The number of nitrogens with one attached hydrogen (secondary N) is 1. The molecule has 0 bridgehead atoms. The molecule has 2 aromatic carbocycles. The number of benzene rings is 2.